The average molecular weight is 367 g/mol. The van der Waals surface area contributed by atoms with Gasteiger partial charge in [-0.2, -0.15) is 0 Å². The van der Waals surface area contributed by atoms with E-state index in [9.17, 15) is 18.0 Å². The molecule has 4 nitrogen and oxygen atoms in total. The third kappa shape index (κ3) is 5.68. The first-order valence-corrected chi connectivity index (χ1v) is 8.08. The molecule has 1 atom stereocenters. The topological polar surface area (TPSA) is 47.6 Å². The summed E-state index contributed by atoms with van der Waals surface area (Å²) in [5, 5.41) is 2.63. The van der Waals surface area contributed by atoms with Gasteiger partial charge in [-0.15, -0.1) is 13.2 Å². The Morgan fingerprint density at radius 3 is 2.31 bits per heavy atom. The molecular weight excluding hydrogens is 347 g/mol. The van der Waals surface area contributed by atoms with Crippen molar-refractivity contribution in [3.05, 3.63) is 53.6 Å². The van der Waals surface area contributed by atoms with Gasteiger partial charge in [-0.25, -0.2) is 0 Å². The third-order valence-corrected chi connectivity index (χ3v) is 3.62. The number of alkyl halides is 3. The average Bonchev–Trinajstić information content (AvgIpc) is 2.54. The van der Waals surface area contributed by atoms with Crippen LogP contribution in [0.2, 0.25) is 0 Å². The predicted octanol–water partition coefficient (Wildman–Crippen LogP) is 5.00. The van der Waals surface area contributed by atoms with Crippen LogP contribution in [0.1, 0.15) is 24.5 Å². The molecule has 1 N–H and O–H groups in total. The van der Waals surface area contributed by atoms with Crippen LogP contribution in [0.25, 0.3) is 0 Å². The van der Waals surface area contributed by atoms with Gasteiger partial charge in [0.1, 0.15) is 11.5 Å². The summed E-state index contributed by atoms with van der Waals surface area (Å²) in [5.74, 6) is -0.113. The van der Waals surface area contributed by atoms with E-state index in [0.29, 0.717) is 17.9 Å². The fourth-order valence-corrected chi connectivity index (χ4v) is 2.37. The van der Waals surface area contributed by atoms with E-state index in [1.165, 1.54) is 12.1 Å². The predicted molar refractivity (Wildman–Crippen MR) is 92.4 cm³/mol. The zero-order chi connectivity index (χ0) is 19.3. The van der Waals surface area contributed by atoms with Crippen molar-refractivity contribution < 1.29 is 27.4 Å². The summed E-state index contributed by atoms with van der Waals surface area (Å²) < 4.78 is 46.1. The van der Waals surface area contributed by atoms with Crippen LogP contribution in [-0.2, 0) is 4.79 Å². The van der Waals surface area contributed by atoms with E-state index in [2.05, 4.69) is 10.1 Å². The van der Waals surface area contributed by atoms with Crippen LogP contribution >= 0.6 is 0 Å². The maximum atomic E-state index is 12.4. The zero-order valence-corrected chi connectivity index (χ0v) is 14.7. The molecule has 7 heteroatoms. The molecule has 0 spiro atoms. The number of hydrogen-bond donors (Lipinski definition) is 1. The van der Waals surface area contributed by atoms with Crippen molar-refractivity contribution >= 4 is 11.6 Å². The first kappa shape index (κ1) is 19.6. The van der Waals surface area contributed by atoms with Crippen molar-refractivity contribution in [3.63, 3.8) is 0 Å². The fraction of sp³-hybridized carbons (Fsp3) is 0.316. The number of amides is 1. The fourth-order valence-electron chi connectivity index (χ4n) is 2.37. The molecule has 0 saturated heterocycles. The van der Waals surface area contributed by atoms with Crippen LogP contribution in [0.5, 0.6) is 11.5 Å². The van der Waals surface area contributed by atoms with Gasteiger partial charge in [0.15, 0.2) is 6.10 Å². The number of carbonyl (C=O) groups is 1. The molecular formula is C19H20F3NO3. The monoisotopic (exact) mass is 367 g/mol. The smallest absolute Gasteiger partial charge is 0.480 e. The van der Waals surface area contributed by atoms with Gasteiger partial charge in [0.25, 0.3) is 5.91 Å². The molecule has 1 amide bonds. The van der Waals surface area contributed by atoms with Gasteiger partial charge in [-0.3, -0.25) is 4.79 Å². The zero-order valence-electron chi connectivity index (χ0n) is 14.7. The lowest BCUT2D eigenvalue weighted by molar-refractivity contribution is -0.274. The summed E-state index contributed by atoms with van der Waals surface area (Å²) in [4.78, 5) is 12.4. The minimum atomic E-state index is -4.75. The van der Waals surface area contributed by atoms with Crippen molar-refractivity contribution in [2.45, 2.75) is 39.7 Å². The SMILES string of the molecule is CC[C@H](Oc1ccc(C)cc1C)C(=O)Nc1ccc(OC(F)(F)F)cc1. The van der Waals surface area contributed by atoms with Crippen molar-refractivity contribution in [1.82, 2.24) is 0 Å². The normalized spacial score (nSPS) is 12.4. The first-order chi connectivity index (χ1) is 12.2. The molecule has 0 aromatic heterocycles. The van der Waals surface area contributed by atoms with Crippen LogP contribution in [-0.4, -0.2) is 18.4 Å². The van der Waals surface area contributed by atoms with Gasteiger partial charge >= 0.3 is 6.36 Å². The first-order valence-electron chi connectivity index (χ1n) is 8.08. The lowest BCUT2D eigenvalue weighted by atomic mass is 10.1. The maximum Gasteiger partial charge on any atom is 0.573 e. The van der Waals surface area contributed by atoms with Gasteiger partial charge in [0.2, 0.25) is 0 Å². The second-order valence-electron chi connectivity index (χ2n) is 5.85. The lowest BCUT2D eigenvalue weighted by Crippen LogP contribution is -2.32. The molecule has 0 aliphatic rings. The van der Waals surface area contributed by atoms with E-state index in [0.717, 1.165) is 23.3 Å². The minimum absolute atomic E-state index is 0.353. The molecule has 0 aliphatic carbocycles. The largest absolute Gasteiger partial charge is 0.573 e. The highest BCUT2D eigenvalue weighted by Gasteiger charge is 2.31. The number of rotatable bonds is 6. The van der Waals surface area contributed by atoms with Gasteiger partial charge in [0.05, 0.1) is 0 Å². The van der Waals surface area contributed by atoms with E-state index in [4.69, 9.17) is 4.74 Å². The van der Waals surface area contributed by atoms with Gasteiger partial charge < -0.3 is 14.8 Å². The Balaban J connectivity index is 2.02. The van der Waals surface area contributed by atoms with Crippen molar-refractivity contribution in [3.8, 4) is 11.5 Å². The van der Waals surface area contributed by atoms with E-state index < -0.39 is 12.5 Å². The summed E-state index contributed by atoms with van der Waals surface area (Å²) in [5.41, 5.74) is 2.37. The number of benzene rings is 2. The van der Waals surface area contributed by atoms with Crippen LogP contribution in [0.4, 0.5) is 18.9 Å². The van der Waals surface area contributed by atoms with E-state index in [-0.39, 0.29) is 11.7 Å². The summed E-state index contributed by atoms with van der Waals surface area (Å²) in [6, 6.07) is 10.6. The highest BCUT2D eigenvalue weighted by Crippen LogP contribution is 2.25. The Hall–Kier alpha value is -2.70. The Bertz CT molecular complexity index is 758. The molecule has 2 aromatic rings. The molecule has 140 valence electrons. The molecule has 0 unspecified atom stereocenters. The summed E-state index contributed by atoms with van der Waals surface area (Å²) >= 11 is 0. The summed E-state index contributed by atoms with van der Waals surface area (Å²) in [7, 11) is 0. The molecule has 0 bridgehead atoms. The number of carbonyl (C=O) groups excluding carboxylic acids is 1. The van der Waals surface area contributed by atoms with Crippen molar-refractivity contribution in [1.29, 1.82) is 0 Å². The molecule has 0 saturated carbocycles. The standard InChI is InChI=1S/C19H20F3NO3/c1-4-16(25-17-10-5-12(2)11-13(17)3)18(24)23-14-6-8-15(9-7-14)26-19(20,21)22/h5-11,16H,4H2,1-3H3,(H,23,24)/t16-/m0/s1. The van der Waals surface area contributed by atoms with Crippen molar-refractivity contribution in [2.75, 3.05) is 5.32 Å². The minimum Gasteiger partial charge on any atom is -0.480 e. The number of aryl methyl sites for hydroxylation is 2. The van der Waals surface area contributed by atoms with Gasteiger partial charge in [-0.1, -0.05) is 24.6 Å². The second kappa shape index (κ2) is 8.12. The van der Waals surface area contributed by atoms with Crippen LogP contribution in [0.3, 0.4) is 0 Å². The van der Waals surface area contributed by atoms with Crippen LogP contribution < -0.4 is 14.8 Å². The molecule has 2 rings (SSSR count). The van der Waals surface area contributed by atoms with Crippen LogP contribution in [0, 0.1) is 13.8 Å². The van der Waals surface area contributed by atoms with Crippen LogP contribution in [0.15, 0.2) is 42.5 Å². The van der Waals surface area contributed by atoms with Gasteiger partial charge in [-0.05, 0) is 56.2 Å². The Labute approximate surface area is 149 Å². The Kier molecular flexibility index (Phi) is 6.13. The number of anilines is 1. The maximum absolute atomic E-state index is 12.4. The van der Waals surface area contributed by atoms with Gasteiger partial charge in [0, 0.05) is 5.69 Å². The molecule has 0 fully saturated rings. The number of ether oxygens (including phenoxy) is 2. The highest BCUT2D eigenvalue weighted by atomic mass is 19.4. The molecule has 26 heavy (non-hydrogen) atoms. The molecule has 0 aliphatic heterocycles. The Morgan fingerprint density at radius 1 is 1.12 bits per heavy atom. The summed E-state index contributed by atoms with van der Waals surface area (Å²) in [6.07, 6.45) is -5.03. The third-order valence-electron chi connectivity index (χ3n) is 3.62. The van der Waals surface area contributed by atoms with Crippen molar-refractivity contribution in [2.24, 2.45) is 0 Å². The number of nitrogens with one attached hydrogen (secondary N) is 1. The number of hydrogen-bond acceptors (Lipinski definition) is 3. The quantitative estimate of drug-likeness (QED) is 0.782. The van der Waals surface area contributed by atoms with E-state index >= 15 is 0 Å². The van der Waals surface area contributed by atoms with E-state index in [1.54, 1.807) is 0 Å². The van der Waals surface area contributed by atoms with E-state index in [1.807, 2.05) is 39.0 Å². The molecule has 2 aromatic carbocycles. The molecule has 0 radical (unpaired) electrons. The summed E-state index contributed by atoms with van der Waals surface area (Å²) in [6.45, 7) is 5.67. The number of halogens is 3. The lowest BCUT2D eigenvalue weighted by Gasteiger charge is -2.19. The Morgan fingerprint density at radius 2 is 1.77 bits per heavy atom. The highest BCUT2D eigenvalue weighted by molar-refractivity contribution is 5.94. The second-order valence-corrected chi connectivity index (χ2v) is 5.85. The molecule has 0 heterocycles.